The van der Waals surface area contributed by atoms with E-state index in [4.69, 9.17) is 23.2 Å². The maximum atomic E-state index is 6.21. The first kappa shape index (κ1) is 12.6. The normalized spacial score (nSPS) is 11.3. The summed E-state index contributed by atoms with van der Waals surface area (Å²) in [7, 11) is 0. The number of nitrogens with zero attached hydrogens (tertiary/aromatic N) is 4. The van der Waals surface area contributed by atoms with E-state index >= 15 is 0 Å². The van der Waals surface area contributed by atoms with Crippen molar-refractivity contribution in [2.24, 2.45) is 0 Å². The summed E-state index contributed by atoms with van der Waals surface area (Å²) in [6, 6.07) is 15.1. The van der Waals surface area contributed by atoms with E-state index in [1.165, 1.54) is 0 Å². The third-order valence-corrected chi connectivity index (χ3v) is 3.70. The molecule has 0 aliphatic carbocycles. The number of halogens is 2. The lowest BCUT2D eigenvalue weighted by Gasteiger charge is -2.01. The van der Waals surface area contributed by atoms with Gasteiger partial charge in [-0.15, -0.1) is 5.10 Å². The molecule has 0 aliphatic heterocycles. The molecule has 4 aromatic rings. The fourth-order valence-corrected chi connectivity index (χ4v) is 2.62. The van der Waals surface area contributed by atoms with Gasteiger partial charge in [0.25, 0.3) is 0 Å². The highest BCUT2D eigenvalue weighted by Gasteiger charge is 2.13. The topological polar surface area (TPSA) is 43.1 Å². The summed E-state index contributed by atoms with van der Waals surface area (Å²) in [5.74, 6) is 0.603. The molecule has 0 fully saturated rings. The lowest BCUT2D eigenvalue weighted by Crippen LogP contribution is -1.94. The molecule has 0 spiro atoms. The maximum absolute atomic E-state index is 6.21. The molecule has 21 heavy (non-hydrogen) atoms. The summed E-state index contributed by atoms with van der Waals surface area (Å²) in [5.41, 5.74) is 2.94. The van der Waals surface area contributed by atoms with Crippen molar-refractivity contribution in [1.82, 2.24) is 19.6 Å². The third-order valence-electron chi connectivity index (χ3n) is 3.21. The second-order valence-electron chi connectivity index (χ2n) is 4.57. The summed E-state index contributed by atoms with van der Waals surface area (Å²) in [6.07, 6.45) is 0. The van der Waals surface area contributed by atoms with Crippen LogP contribution in [-0.4, -0.2) is 19.6 Å². The average molecular weight is 315 g/mol. The Labute approximate surface area is 130 Å². The molecule has 0 radical (unpaired) electrons. The number of benzene rings is 2. The Bertz CT molecular complexity index is 964. The molecular weight excluding hydrogens is 307 g/mol. The van der Waals surface area contributed by atoms with Crippen LogP contribution in [0, 0.1) is 0 Å². The number of hydrogen-bond acceptors (Lipinski definition) is 3. The first-order valence-electron chi connectivity index (χ1n) is 6.29. The van der Waals surface area contributed by atoms with Gasteiger partial charge >= 0.3 is 0 Å². The first-order valence-corrected chi connectivity index (χ1v) is 7.05. The van der Waals surface area contributed by atoms with Crippen LogP contribution in [0.2, 0.25) is 10.2 Å². The van der Waals surface area contributed by atoms with Gasteiger partial charge in [-0.25, -0.2) is 14.5 Å². The number of rotatable bonds is 1. The molecule has 2 heterocycles. The van der Waals surface area contributed by atoms with E-state index in [-0.39, 0.29) is 0 Å². The zero-order chi connectivity index (χ0) is 14.4. The quantitative estimate of drug-likeness (QED) is 0.527. The molecule has 0 atom stereocenters. The summed E-state index contributed by atoms with van der Waals surface area (Å²) in [4.78, 5) is 8.81. The van der Waals surface area contributed by atoms with Gasteiger partial charge in [0.15, 0.2) is 16.6 Å². The highest BCUT2D eigenvalue weighted by molar-refractivity contribution is 6.33. The van der Waals surface area contributed by atoms with E-state index in [9.17, 15) is 0 Å². The van der Waals surface area contributed by atoms with Gasteiger partial charge in [-0.1, -0.05) is 53.5 Å². The molecule has 4 rings (SSSR count). The Morgan fingerprint density at radius 3 is 2.52 bits per heavy atom. The fourth-order valence-electron chi connectivity index (χ4n) is 2.24. The van der Waals surface area contributed by atoms with Crippen molar-refractivity contribution in [2.75, 3.05) is 0 Å². The minimum absolute atomic E-state index is 0.319. The number of hydrogen-bond donors (Lipinski definition) is 0. The van der Waals surface area contributed by atoms with Crippen LogP contribution in [-0.2, 0) is 0 Å². The molecule has 0 N–H and O–H groups in total. The molecule has 4 nitrogen and oxygen atoms in total. The minimum atomic E-state index is 0.319. The van der Waals surface area contributed by atoms with Gasteiger partial charge in [0, 0.05) is 10.6 Å². The molecule has 102 valence electrons. The van der Waals surface area contributed by atoms with Crippen molar-refractivity contribution in [1.29, 1.82) is 0 Å². The predicted octanol–water partition coefficient (Wildman–Crippen LogP) is 4.25. The van der Waals surface area contributed by atoms with Crippen molar-refractivity contribution in [3.05, 3.63) is 58.7 Å². The lowest BCUT2D eigenvalue weighted by molar-refractivity contribution is 1.000. The molecule has 0 amide bonds. The zero-order valence-electron chi connectivity index (χ0n) is 10.7. The van der Waals surface area contributed by atoms with Crippen molar-refractivity contribution < 1.29 is 0 Å². The molecule has 6 heteroatoms. The fraction of sp³-hybridized carbons (Fsp3) is 0. The lowest BCUT2D eigenvalue weighted by atomic mass is 10.2. The van der Waals surface area contributed by atoms with E-state index in [1.807, 2.05) is 36.4 Å². The second-order valence-corrected chi connectivity index (χ2v) is 5.37. The SMILES string of the molecule is Clc1ccc2nc(Cl)c3nc(-c4ccccc4)nn3c2c1. The van der Waals surface area contributed by atoms with Gasteiger partial charge in [-0.2, -0.15) is 0 Å². The van der Waals surface area contributed by atoms with Gasteiger partial charge in [0.05, 0.1) is 11.0 Å². The van der Waals surface area contributed by atoms with Crippen LogP contribution in [0.15, 0.2) is 48.5 Å². The summed E-state index contributed by atoms with van der Waals surface area (Å²) in [6.45, 7) is 0. The van der Waals surface area contributed by atoms with Crippen LogP contribution >= 0.6 is 23.2 Å². The van der Waals surface area contributed by atoms with E-state index in [1.54, 1.807) is 16.6 Å². The van der Waals surface area contributed by atoms with E-state index in [2.05, 4.69) is 15.1 Å². The van der Waals surface area contributed by atoms with Crippen molar-refractivity contribution in [2.45, 2.75) is 0 Å². The van der Waals surface area contributed by atoms with Crippen LogP contribution in [0.1, 0.15) is 0 Å². The maximum Gasteiger partial charge on any atom is 0.194 e. The summed E-state index contributed by atoms with van der Waals surface area (Å²) < 4.78 is 1.68. The van der Waals surface area contributed by atoms with E-state index in [0.717, 1.165) is 16.6 Å². The number of fused-ring (bicyclic) bond motifs is 3. The standard InChI is InChI=1S/C15H8Cl2N4/c16-10-6-7-11-12(8-10)21-15(13(17)18-11)19-14(20-21)9-4-2-1-3-5-9/h1-8H. The summed E-state index contributed by atoms with van der Waals surface area (Å²) >= 11 is 12.3. The predicted molar refractivity (Wildman–Crippen MR) is 83.7 cm³/mol. The second kappa shape index (κ2) is 4.69. The molecule has 0 unspecified atom stereocenters. The van der Waals surface area contributed by atoms with Crippen molar-refractivity contribution >= 4 is 39.9 Å². The Hall–Kier alpha value is -2.17. The van der Waals surface area contributed by atoms with Crippen LogP contribution in [0.5, 0.6) is 0 Å². The van der Waals surface area contributed by atoms with E-state index in [0.29, 0.717) is 21.6 Å². The third kappa shape index (κ3) is 2.04. The largest absolute Gasteiger partial charge is 0.231 e. The molecule has 2 aromatic carbocycles. The smallest absolute Gasteiger partial charge is 0.194 e. The highest BCUT2D eigenvalue weighted by Crippen LogP contribution is 2.25. The monoisotopic (exact) mass is 314 g/mol. The van der Waals surface area contributed by atoms with Gasteiger partial charge in [0.1, 0.15) is 0 Å². The molecule has 0 saturated heterocycles. The van der Waals surface area contributed by atoms with Crippen LogP contribution in [0.3, 0.4) is 0 Å². The molecule has 2 aromatic heterocycles. The van der Waals surface area contributed by atoms with Crippen molar-refractivity contribution in [3.63, 3.8) is 0 Å². The number of aromatic nitrogens is 4. The Balaban J connectivity index is 2.08. The summed E-state index contributed by atoms with van der Waals surface area (Å²) in [5, 5.41) is 5.47. The van der Waals surface area contributed by atoms with Gasteiger partial charge in [-0.3, -0.25) is 0 Å². The average Bonchev–Trinajstić information content (AvgIpc) is 2.95. The Morgan fingerprint density at radius 1 is 0.905 bits per heavy atom. The Morgan fingerprint density at radius 2 is 1.71 bits per heavy atom. The highest BCUT2D eigenvalue weighted by atomic mass is 35.5. The minimum Gasteiger partial charge on any atom is -0.231 e. The first-order chi connectivity index (χ1) is 10.2. The van der Waals surface area contributed by atoms with Gasteiger partial charge in [0.2, 0.25) is 0 Å². The molecule has 0 saturated carbocycles. The van der Waals surface area contributed by atoms with Gasteiger partial charge in [-0.05, 0) is 18.2 Å². The van der Waals surface area contributed by atoms with Gasteiger partial charge < -0.3 is 0 Å². The van der Waals surface area contributed by atoms with Crippen LogP contribution < -0.4 is 0 Å². The zero-order valence-corrected chi connectivity index (χ0v) is 12.2. The van der Waals surface area contributed by atoms with Crippen LogP contribution in [0.25, 0.3) is 28.1 Å². The molecular formula is C15H8Cl2N4. The molecule has 0 bridgehead atoms. The molecule has 0 aliphatic rings. The Kier molecular flexibility index (Phi) is 2.80. The van der Waals surface area contributed by atoms with Crippen molar-refractivity contribution in [3.8, 4) is 11.4 Å². The van der Waals surface area contributed by atoms with Crippen LogP contribution in [0.4, 0.5) is 0 Å². The van der Waals surface area contributed by atoms with E-state index < -0.39 is 0 Å².